The van der Waals surface area contributed by atoms with Crippen LogP contribution in [0.3, 0.4) is 0 Å². The van der Waals surface area contributed by atoms with Crippen LogP contribution in [0, 0.1) is 6.92 Å². The van der Waals surface area contributed by atoms with Gasteiger partial charge in [0, 0.05) is 0 Å². The number of aryl methyl sites for hydroxylation is 4. The van der Waals surface area contributed by atoms with E-state index in [1.54, 1.807) is 19.8 Å². The lowest BCUT2D eigenvalue weighted by molar-refractivity contribution is 0.397. The van der Waals surface area contributed by atoms with Gasteiger partial charge in [0.1, 0.15) is 11.5 Å². The number of methoxy groups -OCH3 is 2. The van der Waals surface area contributed by atoms with Crippen LogP contribution in [0.15, 0.2) is 60.7 Å². The molecule has 0 spiro atoms. The second-order valence-electron chi connectivity index (χ2n) is 8.09. The Bertz CT molecular complexity index is 972. The summed E-state index contributed by atoms with van der Waals surface area (Å²) < 4.78 is 11.1. The third-order valence-corrected chi connectivity index (χ3v) is 6.21. The normalized spacial score (nSPS) is 15.2. The molecule has 0 radical (unpaired) electrons. The Labute approximate surface area is 174 Å². The summed E-state index contributed by atoms with van der Waals surface area (Å²) in [7, 11) is 3.47. The second kappa shape index (κ2) is 8.73. The fourth-order valence-electron chi connectivity index (χ4n) is 4.65. The van der Waals surface area contributed by atoms with Crippen LogP contribution < -0.4 is 9.47 Å². The first-order valence-electron chi connectivity index (χ1n) is 10.5. The van der Waals surface area contributed by atoms with Crippen LogP contribution in [0.25, 0.3) is 0 Å². The Hall–Kier alpha value is -2.74. The molecule has 0 fully saturated rings. The summed E-state index contributed by atoms with van der Waals surface area (Å²) in [5.74, 6) is 2.39. The molecule has 150 valence electrons. The highest BCUT2D eigenvalue weighted by Gasteiger charge is 2.26. The molecule has 0 N–H and O–H groups in total. The van der Waals surface area contributed by atoms with Crippen LogP contribution in [0.2, 0.25) is 0 Å². The molecule has 0 heterocycles. The van der Waals surface area contributed by atoms with Gasteiger partial charge in [-0.25, -0.2) is 0 Å². The highest BCUT2D eigenvalue weighted by Crippen LogP contribution is 2.40. The lowest BCUT2D eigenvalue weighted by Gasteiger charge is -2.18. The van der Waals surface area contributed by atoms with Crippen molar-refractivity contribution in [1.29, 1.82) is 0 Å². The number of benzene rings is 3. The number of fused-ring (bicyclic) bond motifs is 1. The van der Waals surface area contributed by atoms with Gasteiger partial charge in [-0.05, 0) is 91.0 Å². The average molecular weight is 387 g/mol. The minimum absolute atomic E-state index is 0.542. The van der Waals surface area contributed by atoms with Gasteiger partial charge in [-0.3, -0.25) is 0 Å². The van der Waals surface area contributed by atoms with E-state index in [0.717, 1.165) is 30.8 Å². The van der Waals surface area contributed by atoms with Crippen LogP contribution in [0.4, 0.5) is 0 Å². The van der Waals surface area contributed by atoms with E-state index in [4.69, 9.17) is 9.47 Å². The maximum absolute atomic E-state index is 5.63. The largest absolute Gasteiger partial charge is 0.497 e. The van der Waals surface area contributed by atoms with Crippen molar-refractivity contribution < 1.29 is 9.47 Å². The first kappa shape index (κ1) is 19.6. The maximum Gasteiger partial charge on any atom is 0.122 e. The fraction of sp³-hybridized carbons (Fsp3) is 0.333. The van der Waals surface area contributed by atoms with Crippen LogP contribution in [-0.2, 0) is 25.7 Å². The smallest absolute Gasteiger partial charge is 0.122 e. The number of hydrogen-bond donors (Lipinski definition) is 0. The molecule has 1 atom stereocenters. The van der Waals surface area contributed by atoms with Gasteiger partial charge in [0.05, 0.1) is 14.2 Å². The lowest BCUT2D eigenvalue weighted by atomic mass is 9.88. The Morgan fingerprint density at radius 1 is 0.862 bits per heavy atom. The molecule has 0 aromatic heterocycles. The molecule has 2 nitrogen and oxygen atoms in total. The zero-order chi connectivity index (χ0) is 20.2. The van der Waals surface area contributed by atoms with Gasteiger partial charge >= 0.3 is 0 Å². The van der Waals surface area contributed by atoms with E-state index < -0.39 is 0 Å². The highest BCUT2D eigenvalue weighted by atomic mass is 16.5. The van der Waals surface area contributed by atoms with Crippen LogP contribution >= 0.6 is 0 Å². The summed E-state index contributed by atoms with van der Waals surface area (Å²) in [6.07, 6.45) is 5.56. The van der Waals surface area contributed by atoms with E-state index in [1.165, 1.54) is 40.7 Å². The fourth-order valence-corrected chi connectivity index (χ4v) is 4.65. The van der Waals surface area contributed by atoms with E-state index in [2.05, 4.69) is 55.5 Å². The van der Waals surface area contributed by atoms with Gasteiger partial charge in [-0.2, -0.15) is 0 Å². The highest BCUT2D eigenvalue weighted by molar-refractivity contribution is 5.46. The van der Waals surface area contributed by atoms with Crippen molar-refractivity contribution in [2.75, 3.05) is 14.2 Å². The van der Waals surface area contributed by atoms with Crippen LogP contribution in [-0.4, -0.2) is 14.2 Å². The molecule has 2 heteroatoms. The zero-order valence-corrected chi connectivity index (χ0v) is 17.7. The lowest BCUT2D eigenvalue weighted by Crippen LogP contribution is -2.05. The average Bonchev–Trinajstić information content (AvgIpc) is 3.16. The molecule has 0 saturated heterocycles. The van der Waals surface area contributed by atoms with Gasteiger partial charge in [0.2, 0.25) is 0 Å². The molecule has 0 aliphatic heterocycles. The predicted octanol–water partition coefficient (Wildman–Crippen LogP) is 6.07. The van der Waals surface area contributed by atoms with Crippen molar-refractivity contribution in [2.45, 2.75) is 44.9 Å². The second-order valence-corrected chi connectivity index (χ2v) is 8.09. The van der Waals surface area contributed by atoms with Gasteiger partial charge in [-0.15, -0.1) is 0 Å². The monoisotopic (exact) mass is 386 g/mol. The third-order valence-electron chi connectivity index (χ3n) is 6.21. The molecule has 1 aliphatic carbocycles. The van der Waals surface area contributed by atoms with Crippen molar-refractivity contribution in [3.63, 3.8) is 0 Å². The summed E-state index contributed by atoms with van der Waals surface area (Å²) in [5.41, 5.74) is 8.58. The van der Waals surface area contributed by atoms with Gasteiger partial charge in [0.25, 0.3) is 0 Å². The molecule has 3 aromatic rings. The maximum atomic E-state index is 5.63. The van der Waals surface area contributed by atoms with E-state index in [-0.39, 0.29) is 0 Å². The molecule has 0 bridgehead atoms. The Kier molecular flexibility index (Phi) is 5.89. The molecular formula is C27H30O2. The SMILES string of the molecule is COc1ccc(OC)c(CC2CCc3cccc(CCc4ccc(C)cc4)c32)c1. The molecule has 0 amide bonds. The van der Waals surface area contributed by atoms with Gasteiger partial charge in [0.15, 0.2) is 0 Å². The van der Waals surface area contributed by atoms with Crippen molar-refractivity contribution in [3.8, 4) is 11.5 Å². The van der Waals surface area contributed by atoms with Crippen molar-refractivity contribution in [3.05, 3.63) is 94.0 Å². The van der Waals surface area contributed by atoms with Crippen molar-refractivity contribution >= 4 is 0 Å². The van der Waals surface area contributed by atoms with Crippen molar-refractivity contribution in [2.24, 2.45) is 0 Å². The molecule has 29 heavy (non-hydrogen) atoms. The number of hydrogen-bond acceptors (Lipinski definition) is 2. The van der Waals surface area contributed by atoms with E-state index in [0.29, 0.717) is 5.92 Å². The summed E-state index contributed by atoms with van der Waals surface area (Å²) in [6, 6.07) is 21.9. The molecular weight excluding hydrogens is 356 g/mol. The molecule has 1 unspecified atom stereocenters. The summed E-state index contributed by atoms with van der Waals surface area (Å²) in [6.45, 7) is 2.14. The summed E-state index contributed by atoms with van der Waals surface area (Å²) in [4.78, 5) is 0. The van der Waals surface area contributed by atoms with Crippen LogP contribution in [0.5, 0.6) is 11.5 Å². The number of rotatable bonds is 7. The Morgan fingerprint density at radius 3 is 2.45 bits per heavy atom. The quantitative estimate of drug-likeness (QED) is 0.491. The third kappa shape index (κ3) is 4.32. The van der Waals surface area contributed by atoms with E-state index >= 15 is 0 Å². The van der Waals surface area contributed by atoms with Gasteiger partial charge in [-0.1, -0.05) is 48.0 Å². The minimum atomic E-state index is 0.542. The first-order chi connectivity index (χ1) is 14.2. The predicted molar refractivity (Wildman–Crippen MR) is 119 cm³/mol. The molecule has 0 saturated carbocycles. The molecule has 4 rings (SSSR count). The van der Waals surface area contributed by atoms with Gasteiger partial charge < -0.3 is 9.47 Å². The topological polar surface area (TPSA) is 18.5 Å². The molecule has 1 aliphatic rings. The summed E-state index contributed by atoms with van der Waals surface area (Å²) in [5, 5.41) is 0. The van der Waals surface area contributed by atoms with E-state index in [1.807, 2.05) is 12.1 Å². The van der Waals surface area contributed by atoms with Crippen molar-refractivity contribution in [1.82, 2.24) is 0 Å². The first-order valence-corrected chi connectivity index (χ1v) is 10.5. The van der Waals surface area contributed by atoms with Crippen LogP contribution in [0.1, 0.15) is 45.7 Å². The molecule has 3 aromatic carbocycles. The Morgan fingerprint density at radius 2 is 1.69 bits per heavy atom. The Balaban J connectivity index is 1.57. The zero-order valence-electron chi connectivity index (χ0n) is 17.7. The minimum Gasteiger partial charge on any atom is -0.497 e. The number of ether oxygens (including phenoxy) is 2. The standard InChI is InChI=1S/C27H30O2/c1-19-7-9-20(10-8-19)11-12-21-5-4-6-22-13-14-23(27(21)22)17-24-18-25(28-2)15-16-26(24)29-3/h4-10,15-16,18,23H,11-14,17H2,1-3H3. The van der Waals surface area contributed by atoms with E-state index in [9.17, 15) is 0 Å². The summed E-state index contributed by atoms with van der Waals surface area (Å²) >= 11 is 0.